The summed E-state index contributed by atoms with van der Waals surface area (Å²) in [6.45, 7) is 2.71. The van der Waals surface area contributed by atoms with Gasteiger partial charge in [-0.3, -0.25) is 4.68 Å². The fourth-order valence-electron chi connectivity index (χ4n) is 1.69. The molecule has 1 heterocycles. The molecule has 5 heteroatoms. The summed E-state index contributed by atoms with van der Waals surface area (Å²) in [4.78, 5) is 0. The van der Waals surface area contributed by atoms with Crippen LogP contribution in [0.15, 0.2) is 35.1 Å². The Hall–Kier alpha value is -0.510. The topological polar surface area (TPSA) is 17.8 Å². The van der Waals surface area contributed by atoms with Crippen LogP contribution in [-0.4, -0.2) is 9.78 Å². The second-order valence-electron chi connectivity index (χ2n) is 4.08. The Bertz CT molecular complexity index is 540. The zero-order chi connectivity index (χ0) is 13.1. The number of hydrogen-bond donors (Lipinski definition) is 0. The maximum Gasteiger partial charge on any atom is 0.0674 e. The van der Waals surface area contributed by atoms with Gasteiger partial charge in [0.1, 0.15) is 0 Å². The maximum absolute atomic E-state index is 6.18. The van der Waals surface area contributed by atoms with Gasteiger partial charge in [0.05, 0.1) is 18.1 Å². The van der Waals surface area contributed by atoms with Crippen LogP contribution in [0, 0.1) is 0 Å². The lowest BCUT2D eigenvalue weighted by Crippen LogP contribution is -2.00. The molecule has 1 aromatic heterocycles. The van der Waals surface area contributed by atoms with Crippen LogP contribution in [0.25, 0.3) is 0 Å². The van der Waals surface area contributed by atoms with Gasteiger partial charge in [0.15, 0.2) is 0 Å². The molecule has 0 amide bonds. The zero-order valence-electron chi connectivity index (χ0n) is 9.91. The number of rotatable bonds is 4. The zero-order valence-corrected chi connectivity index (χ0v) is 13.0. The average Bonchev–Trinajstić information content (AvgIpc) is 2.80. The van der Waals surface area contributed by atoms with E-state index >= 15 is 0 Å². The number of aromatic nitrogens is 2. The van der Waals surface area contributed by atoms with E-state index in [9.17, 15) is 0 Å². The summed E-state index contributed by atoms with van der Waals surface area (Å²) in [6, 6.07) is 5.85. The Labute approximate surface area is 125 Å². The van der Waals surface area contributed by atoms with Gasteiger partial charge in [0.2, 0.25) is 0 Å². The van der Waals surface area contributed by atoms with Crippen molar-refractivity contribution in [2.75, 3.05) is 0 Å². The highest BCUT2D eigenvalue weighted by atomic mass is 79.9. The van der Waals surface area contributed by atoms with Crippen LogP contribution in [-0.2, 0) is 6.54 Å². The summed E-state index contributed by atoms with van der Waals surface area (Å²) in [5.41, 5.74) is 2.09. The summed E-state index contributed by atoms with van der Waals surface area (Å²) in [7, 11) is 0. The second-order valence-corrected chi connectivity index (χ2v) is 5.93. The molecule has 0 radical (unpaired) electrons. The third-order valence-corrected chi connectivity index (χ3v) is 4.13. The first-order valence-corrected chi connectivity index (χ1v) is 7.31. The average molecular weight is 348 g/mol. The van der Waals surface area contributed by atoms with E-state index in [0.29, 0.717) is 6.54 Å². The van der Waals surface area contributed by atoms with Crippen molar-refractivity contribution in [3.8, 4) is 0 Å². The molecule has 0 aliphatic carbocycles. The van der Waals surface area contributed by atoms with Crippen molar-refractivity contribution < 1.29 is 0 Å². The van der Waals surface area contributed by atoms with E-state index in [2.05, 4.69) is 28.0 Å². The third kappa shape index (κ3) is 3.28. The number of benzene rings is 1. The molecule has 96 valence electrons. The van der Waals surface area contributed by atoms with Crippen LogP contribution in [0.3, 0.4) is 0 Å². The van der Waals surface area contributed by atoms with Gasteiger partial charge in [-0.05, 0) is 24.1 Å². The van der Waals surface area contributed by atoms with E-state index in [1.165, 1.54) is 0 Å². The molecule has 18 heavy (non-hydrogen) atoms. The highest BCUT2D eigenvalue weighted by Crippen LogP contribution is 2.25. The highest BCUT2D eigenvalue weighted by Gasteiger charge is 2.09. The van der Waals surface area contributed by atoms with Crippen LogP contribution in [0.5, 0.6) is 0 Å². The van der Waals surface area contributed by atoms with Crippen molar-refractivity contribution in [2.24, 2.45) is 0 Å². The Morgan fingerprint density at radius 2 is 2.22 bits per heavy atom. The molecule has 0 aliphatic heterocycles. The standard InChI is InChI=1S/C13H13BrCl2N2/c1-2-12(15)10-6-17-18(8-10)7-9-3-4-11(14)5-13(9)16/h3-6,8,12H,2,7H2,1H3. The van der Waals surface area contributed by atoms with Crippen LogP contribution in [0.1, 0.15) is 29.8 Å². The van der Waals surface area contributed by atoms with Crippen molar-refractivity contribution in [3.05, 3.63) is 51.2 Å². The van der Waals surface area contributed by atoms with Crippen LogP contribution >= 0.6 is 39.1 Å². The van der Waals surface area contributed by atoms with Crippen molar-refractivity contribution >= 4 is 39.1 Å². The van der Waals surface area contributed by atoms with Crippen molar-refractivity contribution in [3.63, 3.8) is 0 Å². The van der Waals surface area contributed by atoms with E-state index in [-0.39, 0.29) is 5.38 Å². The molecule has 0 saturated carbocycles. The molecule has 0 saturated heterocycles. The van der Waals surface area contributed by atoms with Gasteiger partial charge >= 0.3 is 0 Å². The second kappa shape index (κ2) is 6.09. The van der Waals surface area contributed by atoms with Crippen molar-refractivity contribution in [1.29, 1.82) is 0 Å². The van der Waals surface area contributed by atoms with Crippen LogP contribution in [0.2, 0.25) is 5.02 Å². The fourth-order valence-corrected chi connectivity index (χ4v) is 2.53. The molecule has 0 N–H and O–H groups in total. The first-order valence-electron chi connectivity index (χ1n) is 5.70. The van der Waals surface area contributed by atoms with Gasteiger partial charge in [-0.25, -0.2) is 0 Å². The molecule has 1 unspecified atom stereocenters. The van der Waals surface area contributed by atoms with Crippen molar-refractivity contribution in [1.82, 2.24) is 9.78 Å². The molecule has 1 aromatic carbocycles. The van der Waals surface area contributed by atoms with Gasteiger partial charge in [-0.15, -0.1) is 11.6 Å². The minimum Gasteiger partial charge on any atom is -0.268 e. The van der Waals surface area contributed by atoms with Gasteiger partial charge in [0.25, 0.3) is 0 Å². The van der Waals surface area contributed by atoms with Gasteiger partial charge in [-0.1, -0.05) is 40.5 Å². The summed E-state index contributed by atoms with van der Waals surface area (Å²) in [5.74, 6) is 0. The lowest BCUT2D eigenvalue weighted by atomic mass is 10.2. The molecule has 0 bridgehead atoms. The number of halogens is 3. The van der Waals surface area contributed by atoms with Gasteiger partial charge < -0.3 is 0 Å². The number of nitrogens with zero attached hydrogens (tertiary/aromatic N) is 2. The Balaban J connectivity index is 2.16. The van der Waals surface area contributed by atoms with Crippen LogP contribution < -0.4 is 0 Å². The van der Waals surface area contributed by atoms with E-state index in [1.54, 1.807) is 0 Å². The third-order valence-electron chi connectivity index (χ3n) is 2.72. The lowest BCUT2D eigenvalue weighted by molar-refractivity contribution is 0.685. The molecule has 1 atom stereocenters. The Morgan fingerprint density at radius 1 is 1.44 bits per heavy atom. The summed E-state index contributed by atoms with van der Waals surface area (Å²) >= 11 is 15.7. The first-order chi connectivity index (χ1) is 8.60. The van der Waals surface area contributed by atoms with Gasteiger partial charge in [-0.2, -0.15) is 5.10 Å². The molecule has 0 fully saturated rings. The van der Waals surface area contributed by atoms with E-state index in [1.807, 2.05) is 35.3 Å². The lowest BCUT2D eigenvalue weighted by Gasteiger charge is -2.05. The molecule has 0 spiro atoms. The monoisotopic (exact) mass is 346 g/mol. The summed E-state index contributed by atoms with van der Waals surface area (Å²) in [5, 5.41) is 5.07. The molecule has 0 aliphatic rings. The van der Waals surface area contributed by atoms with E-state index < -0.39 is 0 Å². The normalized spacial score (nSPS) is 12.7. The quantitative estimate of drug-likeness (QED) is 0.708. The fraction of sp³-hybridized carbons (Fsp3) is 0.308. The SMILES string of the molecule is CCC(Cl)c1cnn(Cc2ccc(Br)cc2Cl)c1. The minimum absolute atomic E-state index is 0.0270. The molecule has 2 rings (SSSR count). The predicted molar refractivity (Wildman–Crippen MR) is 79.4 cm³/mol. The molecular formula is C13H13BrCl2N2. The Morgan fingerprint density at radius 3 is 2.89 bits per heavy atom. The largest absolute Gasteiger partial charge is 0.268 e. The molecule has 2 aromatic rings. The Kier molecular flexibility index (Phi) is 4.71. The number of alkyl halides is 1. The van der Waals surface area contributed by atoms with E-state index in [0.717, 1.165) is 27.0 Å². The maximum atomic E-state index is 6.18. The highest BCUT2D eigenvalue weighted by molar-refractivity contribution is 9.10. The van der Waals surface area contributed by atoms with E-state index in [4.69, 9.17) is 23.2 Å². The molecular weight excluding hydrogens is 335 g/mol. The minimum atomic E-state index is 0.0270. The summed E-state index contributed by atoms with van der Waals surface area (Å²) < 4.78 is 2.83. The molecule has 2 nitrogen and oxygen atoms in total. The van der Waals surface area contributed by atoms with Crippen molar-refractivity contribution in [2.45, 2.75) is 25.3 Å². The number of hydrogen-bond acceptors (Lipinski definition) is 1. The van der Waals surface area contributed by atoms with Crippen LogP contribution in [0.4, 0.5) is 0 Å². The predicted octanol–water partition coefficient (Wildman–Crippen LogP) is 5.04. The summed E-state index contributed by atoms with van der Waals surface area (Å²) in [6.07, 6.45) is 4.68. The smallest absolute Gasteiger partial charge is 0.0674 e. The first kappa shape index (κ1) is 13.9. The van der Waals surface area contributed by atoms with Gasteiger partial charge in [0, 0.05) is 21.3 Å².